The van der Waals surface area contributed by atoms with Gasteiger partial charge in [-0.25, -0.2) is 0 Å². The summed E-state index contributed by atoms with van der Waals surface area (Å²) in [4.78, 5) is 37.0. The molecule has 2 heterocycles. The standard InChI is InChI=1S/C16H17NO5S/c1-9(18)12-4-14-15(22-8-21-14)5-13(12)17-6-11(3-16(17)20)7-23-10(2)19/h4-5,11H,3,6-8H2,1-2H3. The van der Waals surface area contributed by atoms with E-state index in [0.29, 0.717) is 41.5 Å². The van der Waals surface area contributed by atoms with Crippen LogP contribution in [0.3, 0.4) is 0 Å². The topological polar surface area (TPSA) is 72.9 Å². The van der Waals surface area contributed by atoms with Gasteiger partial charge < -0.3 is 14.4 Å². The van der Waals surface area contributed by atoms with E-state index in [4.69, 9.17) is 9.47 Å². The first kappa shape index (κ1) is 15.9. The zero-order valence-electron chi connectivity index (χ0n) is 13.0. The molecule has 0 aliphatic carbocycles. The van der Waals surface area contributed by atoms with Crippen molar-refractivity contribution in [3.8, 4) is 11.5 Å². The molecule has 1 atom stereocenters. The molecule has 0 aromatic heterocycles. The minimum absolute atomic E-state index is 0.0412. The molecule has 0 radical (unpaired) electrons. The first-order valence-electron chi connectivity index (χ1n) is 7.34. The molecule has 1 saturated heterocycles. The number of hydrogen-bond acceptors (Lipinski definition) is 6. The molecule has 0 saturated carbocycles. The Hall–Kier alpha value is -2.02. The monoisotopic (exact) mass is 335 g/mol. The number of anilines is 1. The van der Waals surface area contributed by atoms with Crippen molar-refractivity contribution in [3.05, 3.63) is 17.7 Å². The summed E-state index contributed by atoms with van der Waals surface area (Å²) in [7, 11) is 0. The van der Waals surface area contributed by atoms with E-state index < -0.39 is 0 Å². The molecule has 1 unspecified atom stereocenters. The van der Waals surface area contributed by atoms with E-state index >= 15 is 0 Å². The van der Waals surface area contributed by atoms with Gasteiger partial charge in [-0.1, -0.05) is 11.8 Å². The number of carbonyl (C=O) groups excluding carboxylic acids is 3. The van der Waals surface area contributed by atoms with Crippen LogP contribution in [0.5, 0.6) is 11.5 Å². The number of Topliss-reactive ketones (excluding diaryl/α,β-unsaturated/α-hetero) is 1. The molecule has 0 N–H and O–H groups in total. The third-order valence-corrected chi connectivity index (χ3v) is 4.93. The lowest BCUT2D eigenvalue weighted by Crippen LogP contribution is -2.26. The van der Waals surface area contributed by atoms with Crippen LogP contribution < -0.4 is 14.4 Å². The van der Waals surface area contributed by atoms with E-state index in [1.54, 1.807) is 17.0 Å². The van der Waals surface area contributed by atoms with E-state index in [1.807, 2.05) is 0 Å². The molecular weight excluding hydrogens is 318 g/mol. The number of hydrogen-bond donors (Lipinski definition) is 0. The van der Waals surface area contributed by atoms with Crippen molar-refractivity contribution in [1.82, 2.24) is 0 Å². The summed E-state index contributed by atoms with van der Waals surface area (Å²) >= 11 is 1.23. The van der Waals surface area contributed by atoms with Crippen LogP contribution >= 0.6 is 11.8 Å². The third-order valence-electron chi connectivity index (χ3n) is 3.89. The van der Waals surface area contributed by atoms with E-state index in [9.17, 15) is 14.4 Å². The Balaban J connectivity index is 1.87. The zero-order valence-corrected chi connectivity index (χ0v) is 13.8. The first-order valence-corrected chi connectivity index (χ1v) is 8.32. The fraction of sp³-hybridized carbons (Fsp3) is 0.438. The van der Waals surface area contributed by atoms with Crippen LogP contribution in [0.25, 0.3) is 0 Å². The highest BCUT2D eigenvalue weighted by Gasteiger charge is 2.34. The van der Waals surface area contributed by atoms with Gasteiger partial charge in [0.2, 0.25) is 12.7 Å². The average molecular weight is 335 g/mol. The summed E-state index contributed by atoms with van der Waals surface area (Å²) in [5, 5.41) is 0.0448. The molecule has 1 aromatic rings. The SMILES string of the molecule is CC(=O)SCC1CC(=O)N(c2cc3c(cc2C(C)=O)OCO3)C1. The van der Waals surface area contributed by atoms with Gasteiger partial charge >= 0.3 is 0 Å². The lowest BCUT2D eigenvalue weighted by Gasteiger charge is -2.20. The summed E-state index contributed by atoms with van der Waals surface area (Å²) in [6.45, 7) is 3.59. The van der Waals surface area contributed by atoms with Crippen molar-refractivity contribution >= 4 is 34.3 Å². The Bertz CT molecular complexity index is 687. The maximum Gasteiger partial charge on any atom is 0.231 e. The minimum atomic E-state index is -0.132. The molecule has 0 bridgehead atoms. The van der Waals surface area contributed by atoms with Crippen LogP contribution in [0.2, 0.25) is 0 Å². The largest absolute Gasteiger partial charge is 0.454 e. The first-order chi connectivity index (χ1) is 11.0. The van der Waals surface area contributed by atoms with E-state index in [-0.39, 0.29) is 29.5 Å². The molecular formula is C16H17NO5S. The Kier molecular flexibility index (Phi) is 4.30. The summed E-state index contributed by atoms with van der Waals surface area (Å²) in [5.41, 5.74) is 1.00. The van der Waals surface area contributed by atoms with Gasteiger partial charge in [-0.2, -0.15) is 0 Å². The maximum absolute atomic E-state index is 12.4. The number of amides is 1. The lowest BCUT2D eigenvalue weighted by molar-refractivity contribution is -0.117. The zero-order chi connectivity index (χ0) is 16.6. The van der Waals surface area contributed by atoms with Crippen molar-refractivity contribution in [2.75, 3.05) is 24.0 Å². The predicted octanol–water partition coefficient (Wildman–Crippen LogP) is 2.25. The van der Waals surface area contributed by atoms with Crippen LogP contribution in [-0.4, -0.2) is 35.9 Å². The average Bonchev–Trinajstić information content (AvgIpc) is 3.09. The van der Waals surface area contributed by atoms with Crippen LogP contribution in [0, 0.1) is 5.92 Å². The van der Waals surface area contributed by atoms with Gasteiger partial charge in [-0.05, 0) is 18.9 Å². The molecule has 2 aliphatic heterocycles. The van der Waals surface area contributed by atoms with Gasteiger partial charge in [0.25, 0.3) is 0 Å². The van der Waals surface area contributed by atoms with Crippen LogP contribution in [-0.2, 0) is 9.59 Å². The van der Waals surface area contributed by atoms with Crippen LogP contribution in [0.1, 0.15) is 30.6 Å². The number of carbonyl (C=O) groups is 3. The van der Waals surface area contributed by atoms with Crippen molar-refractivity contribution in [3.63, 3.8) is 0 Å². The molecule has 2 aliphatic rings. The van der Waals surface area contributed by atoms with Gasteiger partial charge in [0.15, 0.2) is 22.4 Å². The second-order valence-corrected chi connectivity index (χ2v) is 6.85. The number of ether oxygens (including phenoxy) is 2. The van der Waals surface area contributed by atoms with Gasteiger partial charge in [0.05, 0.1) is 5.69 Å². The second kappa shape index (κ2) is 6.23. The fourth-order valence-electron chi connectivity index (χ4n) is 2.80. The van der Waals surface area contributed by atoms with Gasteiger partial charge in [-0.15, -0.1) is 0 Å². The number of ketones is 1. The van der Waals surface area contributed by atoms with Crippen molar-refractivity contribution < 1.29 is 23.9 Å². The Morgan fingerprint density at radius 3 is 2.61 bits per heavy atom. The Morgan fingerprint density at radius 1 is 1.26 bits per heavy atom. The third kappa shape index (κ3) is 3.19. The number of nitrogens with zero attached hydrogens (tertiary/aromatic N) is 1. The molecule has 23 heavy (non-hydrogen) atoms. The summed E-state index contributed by atoms with van der Waals surface area (Å²) in [6.07, 6.45) is 0.381. The number of fused-ring (bicyclic) bond motifs is 1. The molecule has 1 amide bonds. The van der Waals surface area contributed by atoms with E-state index in [2.05, 4.69) is 0 Å². The van der Waals surface area contributed by atoms with Crippen LogP contribution in [0.4, 0.5) is 5.69 Å². The number of rotatable bonds is 4. The van der Waals surface area contributed by atoms with E-state index in [0.717, 1.165) is 0 Å². The van der Waals surface area contributed by atoms with Gasteiger partial charge in [0.1, 0.15) is 0 Å². The maximum atomic E-state index is 12.4. The Labute approximate surface area is 138 Å². The highest BCUT2D eigenvalue weighted by atomic mass is 32.2. The molecule has 0 spiro atoms. The predicted molar refractivity (Wildman–Crippen MR) is 86.2 cm³/mol. The van der Waals surface area contributed by atoms with Gasteiger partial charge in [0, 0.05) is 37.3 Å². The quantitative estimate of drug-likeness (QED) is 0.786. The fourth-order valence-corrected chi connectivity index (χ4v) is 3.49. The minimum Gasteiger partial charge on any atom is -0.454 e. The van der Waals surface area contributed by atoms with Crippen molar-refractivity contribution in [2.24, 2.45) is 5.92 Å². The normalized spacial score (nSPS) is 19.3. The lowest BCUT2D eigenvalue weighted by atomic mass is 10.1. The molecule has 7 heteroatoms. The summed E-state index contributed by atoms with van der Waals surface area (Å²) in [5.74, 6) is 1.60. The number of benzene rings is 1. The molecule has 3 rings (SSSR count). The smallest absolute Gasteiger partial charge is 0.231 e. The molecule has 1 aromatic carbocycles. The van der Waals surface area contributed by atoms with Gasteiger partial charge in [-0.3, -0.25) is 14.4 Å². The van der Waals surface area contributed by atoms with E-state index in [1.165, 1.54) is 25.6 Å². The molecule has 6 nitrogen and oxygen atoms in total. The molecule has 122 valence electrons. The highest BCUT2D eigenvalue weighted by Crippen LogP contribution is 2.40. The van der Waals surface area contributed by atoms with Crippen LogP contribution in [0.15, 0.2) is 12.1 Å². The van der Waals surface area contributed by atoms with Crippen molar-refractivity contribution in [2.45, 2.75) is 20.3 Å². The van der Waals surface area contributed by atoms with Crippen molar-refractivity contribution in [1.29, 1.82) is 0 Å². The number of thioether (sulfide) groups is 1. The highest BCUT2D eigenvalue weighted by molar-refractivity contribution is 8.13. The molecule has 1 fully saturated rings. The summed E-state index contributed by atoms with van der Waals surface area (Å²) < 4.78 is 10.7. The summed E-state index contributed by atoms with van der Waals surface area (Å²) in [6, 6.07) is 3.32. The Morgan fingerprint density at radius 2 is 1.96 bits per heavy atom. The second-order valence-electron chi connectivity index (χ2n) is 5.66.